The predicted octanol–water partition coefficient (Wildman–Crippen LogP) is 3.96. The second-order valence-corrected chi connectivity index (χ2v) is 8.38. The molecule has 0 bridgehead atoms. The topological polar surface area (TPSA) is 60.9 Å². The van der Waals surface area contributed by atoms with Crippen molar-refractivity contribution >= 4 is 32.6 Å². The molecule has 1 fully saturated rings. The summed E-state index contributed by atoms with van der Waals surface area (Å²) in [6.07, 6.45) is 1.27. The Morgan fingerprint density at radius 1 is 1.21 bits per heavy atom. The molecule has 1 amide bonds. The van der Waals surface area contributed by atoms with E-state index >= 15 is 0 Å². The van der Waals surface area contributed by atoms with E-state index in [1.807, 2.05) is 49.4 Å². The van der Waals surface area contributed by atoms with E-state index in [0.29, 0.717) is 23.2 Å². The van der Waals surface area contributed by atoms with Crippen LogP contribution in [0, 0.1) is 6.92 Å². The van der Waals surface area contributed by atoms with E-state index in [1.165, 1.54) is 11.3 Å². The van der Waals surface area contributed by atoms with Gasteiger partial charge in [0.05, 0.1) is 22.9 Å². The van der Waals surface area contributed by atoms with Gasteiger partial charge in [0.25, 0.3) is 5.91 Å². The van der Waals surface area contributed by atoms with Crippen molar-refractivity contribution < 1.29 is 19.0 Å². The van der Waals surface area contributed by atoms with Gasteiger partial charge in [-0.1, -0.05) is 35.6 Å². The van der Waals surface area contributed by atoms with Gasteiger partial charge in [-0.2, -0.15) is 0 Å². The molecule has 2 aliphatic rings. The molecule has 2 atom stereocenters. The van der Waals surface area contributed by atoms with Crippen molar-refractivity contribution in [3.63, 3.8) is 0 Å². The van der Waals surface area contributed by atoms with Crippen molar-refractivity contribution in [2.24, 2.45) is 0 Å². The largest absolute Gasteiger partial charge is 0.485 e. The molecular formula is C22H22N2O4S. The highest BCUT2D eigenvalue weighted by Gasteiger charge is 2.35. The van der Waals surface area contributed by atoms with Crippen molar-refractivity contribution in [1.29, 1.82) is 0 Å². The number of hydrogen-bond acceptors (Lipinski definition) is 6. The number of thiazole rings is 1. The number of amides is 1. The lowest BCUT2D eigenvalue weighted by Gasteiger charge is -2.30. The number of nitrogens with zero attached hydrogens (tertiary/aromatic N) is 2. The second kappa shape index (κ2) is 7.65. The van der Waals surface area contributed by atoms with Gasteiger partial charge in [0, 0.05) is 6.61 Å². The molecule has 3 heterocycles. The minimum absolute atomic E-state index is 0.0175. The van der Waals surface area contributed by atoms with Crippen LogP contribution in [0.2, 0.25) is 0 Å². The third-order valence-corrected chi connectivity index (χ3v) is 6.34. The lowest BCUT2D eigenvalue weighted by atomic mass is 10.2. The lowest BCUT2D eigenvalue weighted by molar-refractivity contribution is -0.128. The van der Waals surface area contributed by atoms with Gasteiger partial charge in [-0.25, -0.2) is 4.98 Å². The molecule has 7 heteroatoms. The summed E-state index contributed by atoms with van der Waals surface area (Å²) in [6, 6.07) is 13.5. The van der Waals surface area contributed by atoms with Crippen LogP contribution in [0.4, 0.5) is 5.13 Å². The van der Waals surface area contributed by atoms with Crippen LogP contribution in [0.5, 0.6) is 11.5 Å². The Labute approximate surface area is 173 Å². The Kier molecular flexibility index (Phi) is 4.85. The van der Waals surface area contributed by atoms with E-state index in [0.717, 1.165) is 35.2 Å². The van der Waals surface area contributed by atoms with Crippen LogP contribution in [0.1, 0.15) is 18.4 Å². The molecule has 1 saturated heterocycles. The summed E-state index contributed by atoms with van der Waals surface area (Å²) >= 11 is 1.52. The average Bonchev–Trinajstić information content (AvgIpc) is 3.41. The van der Waals surface area contributed by atoms with E-state index < -0.39 is 6.10 Å². The maximum atomic E-state index is 13.5. The van der Waals surface area contributed by atoms with Crippen molar-refractivity contribution in [3.05, 3.63) is 48.0 Å². The molecule has 0 N–H and O–H groups in total. The average molecular weight is 410 g/mol. The third-order valence-electron chi connectivity index (χ3n) is 5.30. The molecule has 3 aromatic rings. The summed E-state index contributed by atoms with van der Waals surface area (Å²) < 4.78 is 18.6. The van der Waals surface area contributed by atoms with Gasteiger partial charge in [-0.05, 0) is 43.5 Å². The number of benzene rings is 2. The third kappa shape index (κ3) is 3.56. The molecule has 2 aliphatic heterocycles. The number of ether oxygens (including phenoxy) is 3. The Morgan fingerprint density at radius 3 is 2.86 bits per heavy atom. The van der Waals surface area contributed by atoms with E-state index in [9.17, 15) is 4.79 Å². The maximum absolute atomic E-state index is 13.5. The normalized spacial score (nSPS) is 20.7. The number of aromatic nitrogens is 1. The number of carbonyl (C=O) groups excluding carboxylic acids is 1. The fourth-order valence-electron chi connectivity index (χ4n) is 3.76. The summed E-state index contributed by atoms with van der Waals surface area (Å²) in [7, 11) is 0. The standard InChI is InChI=1S/C22H22N2O4S/c1-14-6-4-10-19-20(14)23-22(29-19)24(12-15-7-5-11-26-15)21(25)18-13-27-16-8-2-3-9-17(16)28-18/h2-4,6,8-10,15,18H,5,7,11-13H2,1H3. The predicted molar refractivity (Wildman–Crippen MR) is 112 cm³/mol. The second-order valence-electron chi connectivity index (χ2n) is 7.37. The van der Waals surface area contributed by atoms with E-state index in [1.54, 1.807) is 4.90 Å². The van der Waals surface area contributed by atoms with E-state index in [2.05, 4.69) is 0 Å². The van der Waals surface area contributed by atoms with Crippen LogP contribution in [0.25, 0.3) is 10.2 Å². The molecule has 1 aromatic heterocycles. The number of rotatable bonds is 4. The Bertz CT molecular complexity index is 1040. The van der Waals surface area contributed by atoms with Gasteiger partial charge >= 0.3 is 0 Å². The van der Waals surface area contributed by atoms with Gasteiger partial charge in [-0.3, -0.25) is 9.69 Å². The van der Waals surface area contributed by atoms with Gasteiger partial charge in [0.2, 0.25) is 6.10 Å². The molecule has 150 valence electrons. The number of para-hydroxylation sites is 3. The SMILES string of the molecule is Cc1cccc2sc(N(CC3CCCO3)C(=O)C3COc4ccccc4O3)nc12. The molecular weight excluding hydrogens is 388 g/mol. The molecule has 2 unspecified atom stereocenters. The molecule has 5 rings (SSSR count). The molecule has 0 saturated carbocycles. The maximum Gasteiger partial charge on any atom is 0.273 e. The molecule has 29 heavy (non-hydrogen) atoms. The first-order valence-corrected chi connectivity index (χ1v) is 10.7. The van der Waals surface area contributed by atoms with Crippen molar-refractivity contribution in [2.45, 2.75) is 32.0 Å². The quantitative estimate of drug-likeness (QED) is 0.652. The minimum Gasteiger partial charge on any atom is -0.485 e. The molecule has 0 radical (unpaired) electrons. The Morgan fingerprint density at radius 2 is 2.07 bits per heavy atom. The molecule has 2 aromatic carbocycles. The highest BCUT2D eigenvalue weighted by atomic mass is 32.1. The first-order valence-electron chi connectivity index (χ1n) is 9.86. The number of carbonyl (C=O) groups is 1. The Hall–Kier alpha value is -2.64. The van der Waals surface area contributed by atoms with E-state index in [-0.39, 0.29) is 18.6 Å². The van der Waals surface area contributed by atoms with Crippen LogP contribution >= 0.6 is 11.3 Å². The zero-order valence-corrected chi connectivity index (χ0v) is 17.0. The van der Waals surface area contributed by atoms with Crippen LogP contribution in [-0.4, -0.2) is 42.9 Å². The van der Waals surface area contributed by atoms with Crippen LogP contribution < -0.4 is 14.4 Å². The smallest absolute Gasteiger partial charge is 0.273 e. The van der Waals surface area contributed by atoms with Gasteiger partial charge in [0.1, 0.15) is 6.61 Å². The summed E-state index contributed by atoms with van der Waals surface area (Å²) in [5.41, 5.74) is 2.03. The van der Waals surface area contributed by atoms with Crippen molar-refractivity contribution in [1.82, 2.24) is 4.98 Å². The molecule has 0 spiro atoms. The van der Waals surface area contributed by atoms with E-state index in [4.69, 9.17) is 19.2 Å². The number of aryl methyl sites for hydroxylation is 1. The fraction of sp³-hybridized carbons (Fsp3) is 0.364. The number of fused-ring (bicyclic) bond motifs is 2. The monoisotopic (exact) mass is 410 g/mol. The zero-order chi connectivity index (χ0) is 19.8. The van der Waals surface area contributed by atoms with Crippen molar-refractivity contribution in [2.75, 3.05) is 24.7 Å². The minimum atomic E-state index is -0.709. The number of hydrogen-bond donors (Lipinski definition) is 0. The summed E-state index contributed by atoms with van der Waals surface area (Å²) in [4.78, 5) is 20.0. The van der Waals surface area contributed by atoms with Gasteiger partial charge in [-0.15, -0.1) is 0 Å². The summed E-state index contributed by atoms with van der Waals surface area (Å²) in [5, 5.41) is 0.678. The van der Waals surface area contributed by atoms with Gasteiger partial charge in [0.15, 0.2) is 16.6 Å². The van der Waals surface area contributed by atoms with Crippen LogP contribution in [0.3, 0.4) is 0 Å². The number of anilines is 1. The Balaban J connectivity index is 1.46. The first kappa shape index (κ1) is 18.4. The van der Waals surface area contributed by atoms with Crippen molar-refractivity contribution in [3.8, 4) is 11.5 Å². The summed E-state index contributed by atoms with van der Waals surface area (Å²) in [5.74, 6) is 1.11. The molecule has 0 aliphatic carbocycles. The first-order chi connectivity index (χ1) is 14.2. The van der Waals surface area contributed by atoms with Crippen LogP contribution in [0.15, 0.2) is 42.5 Å². The zero-order valence-electron chi connectivity index (χ0n) is 16.2. The fourth-order valence-corrected chi connectivity index (χ4v) is 4.82. The lowest BCUT2D eigenvalue weighted by Crippen LogP contribution is -2.48. The summed E-state index contributed by atoms with van der Waals surface area (Å²) in [6.45, 7) is 3.43. The van der Waals surface area contributed by atoms with Crippen LogP contribution in [-0.2, 0) is 9.53 Å². The highest BCUT2D eigenvalue weighted by Crippen LogP contribution is 2.34. The van der Waals surface area contributed by atoms with Gasteiger partial charge < -0.3 is 14.2 Å². The highest BCUT2D eigenvalue weighted by molar-refractivity contribution is 7.22. The molecule has 6 nitrogen and oxygen atoms in total.